The molecule has 1 fully saturated rings. The molecule has 0 saturated heterocycles. The first kappa shape index (κ1) is 16.8. The van der Waals surface area contributed by atoms with E-state index in [0.717, 1.165) is 18.0 Å². The van der Waals surface area contributed by atoms with Crippen molar-refractivity contribution in [2.24, 2.45) is 0 Å². The fraction of sp³-hybridized carbons (Fsp3) is 0.667. The fourth-order valence-corrected chi connectivity index (χ4v) is 4.08. The first-order valence-corrected chi connectivity index (χ1v) is 8.61. The Bertz CT molecular complexity index is 439. The molecule has 1 aromatic rings. The monoisotopic (exact) mass is 308 g/mol. The van der Waals surface area contributed by atoms with Gasteiger partial charge in [-0.05, 0) is 57.6 Å². The van der Waals surface area contributed by atoms with Crippen LogP contribution in [0, 0.1) is 0 Å². The van der Waals surface area contributed by atoms with Crippen LogP contribution in [0.25, 0.3) is 0 Å². The third kappa shape index (κ3) is 4.00. The normalized spacial score (nSPS) is 19.7. The largest absolute Gasteiger partial charge is 0.312 e. The predicted octanol–water partition coefficient (Wildman–Crippen LogP) is 4.13. The Labute approximate surface area is 134 Å². The van der Waals surface area contributed by atoms with Crippen LogP contribution in [-0.2, 0) is 6.42 Å². The number of rotatable bonds is 6. The molecule has 0 bridgehead atoms. The summed E-state index contributed by atoms with van der Waals surface area (Å²) >= 11 is 6.16. The summed E-state index contributed by atoms with van der Waals surface area (Å²) in [4.78, 5) is 2.46. The van der Waals surface area contributed by atoms with E-state index >= 15 is 0 Å². The standard InChI is InChI=1S/C18H29ClN2/c1-4-20-17(14-15-9-8-10-16(19)13-15)18(21(2)3)11-6-5-7-12-18/h8-10,13,17,20H,4-7,11-12,14H2,1-3H3. The van der Waals surface area contributed by atoms with Crippen molar-refractivity contribution in [3.8, 4) is 0 Å². The Morgan fingerprint density at radius 2 is 1.95 bits per heavy atom. The molecule has 1 saturated carbocycles. The Morgan fingerprint density at radius 1 is 1.24 bits per heavy atom. The van der Waals surface area contributed by atoms with Crippen molar-refractivity contribution in [1.29, 1.82) is 0 Å². The van der Waals surface area contributed by atoms with Gasteiger partial charge in [0.15, 0.2) is 0 Å². The average Bonchev–Trinajstić information content (AvgIpc) is 2.47. The van der Waals surface area contributed by atoms with Crippen LogP contribution < -0.4 is 5.32 Å². The molecule has 2 nitrogen and oxygen atoms in total. The SMILES string of the molecule is CCNC(Cc1cccc(Cl)c1)C1(N(C)C)CCCCC1. The zero-order valence-electron chi connectivity index (χ0n) is 13.7. The zero-order valence-corrected chi connectivity index (χ0v) is 14.4. The highest BCUT2D eigenvalue weighted by Gasteiger charge is 2.41. The van der Waals surface area contributed by atoms with Gasteiger partial charge in [0.25, 0.3) is 0 Å². The molecule has 1 N–H and O–H groups in total. The molecule has 1 atom stereocenters. The van der Waals surface area contributed by atoms with Crippen LogP contribution in [0.5, 0.6) is 0 Å². The third-order valence-electron chi connectivity index (χ3n) is 5.04. The first-order valence-electron chi connectivity index (χ1n) is 8.24. The van der Waals surface area contributed by atoms with Gasteiger partial charge < -0.3 is 10.2 Å². The average molecular weight is 309 g/mol. The Morgan fingerprint density at radius 3 is 2.52 bits per heavy atom. The molecule has 1 aromatic carbocycles. The predicted molar refractivity (Wildman–Crippen MR) is 92.1 cm³/mol. The minimum atomic E-state index is 0.274. The number of hydrogen-bond acceptors (Lipinski definition) is 2. The van der Waals surface area contributed by atoms with Gasteiger partial charge in [0.2, 0.25) is 0 Å². The quantitative estimate of drug-likeness (QED) is 0.850. The minimum Gasteiger partial charge on any atom is -0.312 e. The number of nitrogens with zero attached hydrogens (tertiary/aromatic N) is 1. The van der Waals surface area contributed by atoms with Gasteiger partial charge in [-0.25, -0.2) is 0 Å². The minimum absolute atomic E-state index is 0.274. The van der Waals surface area contributed by atoms with Crippen LogP contribution >= 0.6 is 11.6 Å². The van der Waals surface area contributed by atoms with Crippen molar-refractivity contribution in [2.75, 3.05) is 20.6 Å². The van der Waals surface area contributed by atoms with Crippen LogP contribution in [0.15, 0.2) is 24.3 Å². The van der Waals surface area contributed by atoms with Crippen molar-refractivity contribution in [2.45, 2.75) is 57.0 Å². The van der Waals surface area contributed by atoms with Crippen molar-refractivity contribution in [3.63, 3.8) is 0 Å². The second kappa shape index (κ2) is 7.62. The lowest BCUT2D eigenvalue weighted by Crippen LogP contribution is -2.60. The highest BCUT2D eigenvalue weighted by atomic mass is 35.5. The molecule has 21 heavy (non-hydrogen) atoms. The molecule has 0 aliphatic heterocycles. The highest BCUT2D eigenvalue weighted by Crippen LogP contribution is 2.36. The maximum absolute atomic E-state index is 6.16. The maximum atomic E-state index is 6.16. The lowest BCUT2D eigenvalue weighted by atomic mass is 9.73. The molecular weight excluding hydrogens is 280 g/mol. The van der Waals surface area contributed by atoms with Gasteiger partial charge in [-0.15, -0.1) is 0 Å². The van der Waals surface area contributed by atoms with E-state index < -0.39 is 0 Å². The number of halogens is 1. The molecule has 118 valence electrons. The summed E-state index contributed by atoms with van der Waals surface area (Å²) in [5.41, 5.74) is 1.61. The summed E-state index contributed by atoms with van der Waals surface area (Å²) in [6, 6.07) is 8.80. The van der Waals surface area contributed by atoms with Gasteiger partial charge >= 0.3 is 0 Å². The summed E-state index contributed by atoms with van der Waals surface area (Å²) in [5.74, 6) is 0. The molecule has 3 heteroatoms. The van der Waals surface area contributed by atoms with Crippen LogP contribution in [0.4, 0.5) is 0 Å². The lowest BCUT2D eigenvalue weighted by Gasteiger charge is -2.49. The fourth-order valence-electron chi connectivity index (χ4n) is 3.87. The molecule has 2 rings (SSSR count). The Balaban J connectivity index is 2.23. The van der Waals surface area contributed by atoms with Crippen molar-refractivity contribution < 1.29 is 0 Å². The molecule has 1 unspecified atom stereocenters. The van der Waals surface area contributed by atoms with Gasteiger partial charge in [-0.1, -0.05) is 49.9 Å². The second-order valence-corrected chi connectivity index (χ2v) is 6.94. The molecular formula is C18H29ClN2. The van der Waals surface area contributed by atoms with E-state index in [0.29, 0.717) is 6.04 Å². The van der Waals surface area contributed by atoms with E-state index in [4.69, 9.17) is 11.6 Å². The van der Waals surface area contributed by atoms with Crippen LogP contribution in [-0.4, -0.2) is 37.1 Å². The molecule has 0 radical (unpaired) electrons. The smallest absolute Gasteiger partial charge is 0.0408 e. The van der Waals surface area contributed by atoms with Gasteiger partial charge in [0, 0.05) is 16.6 Å². The summed E-state index contributed by atoms with van der Waals surface area (Å²) in [5, 5.41) is 4.60. The van der Waals surface area contributed by atoms with E-state index in [1.165, 1.54) is 37.7 Å². The second-order valence-electron chi connectivity index (χ2n) is 6.50. The van der Waals surface area contributed by atoms with E-state index in [2.05, 4.69) is 49.4 Å². The van der Waals surface area contributed by atoms with E-state index in [1.54, 1.807) is 0 Å². The molecule has 0 aromatic heterocycles. The third-order valence-corrected chi connectivity index (χ3v) is 5.27. The lowest BCUT2D eigenvalue weighted by molar-refractivity contribution is 0.0575. The van der Waals surface area contributed by atoms with Gasteiger partial charge in [0.05, 0.1) is 0 Å². The summed E-state index contributed by atoms with van der Waals surface area (Å²) in [6.07, 6.45) is 7.69. The van der Waals surface area contributed by atoms with Crippen molar-refractivity contribution in [1.82, 2.24) is 10.2 Å². The van der Waals surface area contributed by atoms with Crippen molar-refractivity contribution >= 4 is 11.6 Å². The number of benzene rings is 1. The molecule has 0 spiro atoms. The summed E-state index contributed by atoms with van der Waals surface area (Å²) < 4.78 is 0. The van der Waals surface area contributed by atoms with Crippen LogP contribution in [0.2, 0.25) is 5.02 Å². The molecule has 1 aliphatic carbocycles. The van der Waals surface area contributed by atoms with E-state index in [9.17, 15) is 0 Å². The Kier molecular flexibility index (Phi) is 6.09. The number of likely N-dealkylation sites (N-methyl/N-ethyl adjacent to an activating group) is 2. The summed E-state index contributed by atoms with van der Waals surface area (Å²) in [7, 11) is 4.49. The van der Waals surface area contributed by atoms with Crippen molar-refractivity contribution in [3.05, 3.63) is 34.9 Å². The number of nitrogens with one attached hydrogen (secondary N) is 1. The van der Waals surface area contributed by atoms with Crippen LogP contribution in [0.1, 0.15) is 44.6 Å². The van der Waals surface area contributed by atoms with E-state index in [1.807, 2.05) is 6.07 Å². The highest BCUT2D eigenvalue weighted by molar-refractivity contribution is 6.30. The molecule has 0 amide bonds. The maximum Gasteiger partial charge on any atom is 0.0408 e. The topological polar surface area (TPSA) is 15.3 Å². The summed E-state index contributed by atoms with van der Waals surface area (Å²) in [6.45, 7) is 3.22. The number of hydrogen-bond donors (Lipinski definition) is 1. The zero-order chi connectivity index (χ0) is 15.3. The molecule has 0 heterocycles. The van der Waals surface area contributed by atoms with Gasteiger partial charge in [-0.2, -0.15) is 0 Å². The first-order chi connectivity index (χ1) is 10.1. The Hall–Kier alpha value is -0.570. The van der Waals surface area contributed by atoms with E-state index in [-0.39, 0.29) is 5.54 Å². The molecule has 1 aliphatic rings. The van der Waals surface area contributed by atoms with Gasteiger partial charge in [0.1, 0.15) is 0 Å². The van der Waals surface area contributed by atoms with Crippen LogP contribution in [0.3, 0.4) is 0 Å². The van der Waals surface area contributed by atoms with Gasteiger partial charge in [-0.3, -0.25) is 0 Å².